The van der Waals surface area contributed by atoms with E-state index >= 15 is 0 Å². The molecular formula is C9H9N5O. The van der Waals surface area contributed by atoms with Crippen LogP contribution in [0.25, 0.3) is 11.3 Å². The lowest BCUT2D eigenvalue weighted by Gasteiger charge is -1.93. The minimum atomic E-state index is -0.429. The third-order valence-corrected chi connectivity index (χ3v) is 1.91. The molecule has 6 nitrogen and oxygen atoms in total. The molecule has 15 heavy (non-hydrogen) atoms. The molecule has 2 aromatic rings. The van der Waals surface area contributed by atoms with Crippen molar-refractivity contribution in [1.29, 1.82) is 0 Å². The van der Waals surface area contributed by atoms with Crippen LogP contribution in [-0.2, 0) is 0 Å². The number of carbonyl (C=O) groups is 1. The van der Waals surface area contributed by atoms with Crippen LogP contribution in [0.4, 0.5) is 0 Å². The van der Waals surface area contributed by atoms with Gasteiger partial charge in [0.05, 0.1) is 5.69 Å². The molecule has 0 spiro atoms. The van der Waals surface area contributed by atoms with Gasteiger partial charge in [0, 0.05) is 18.0 Å². The molecular weight excluding hydrogens is 194 g/mol. The van der Waals surface area contributed by atoms with Crippen LogP contribution in [-0.4, -0.2) is 21.1 Å². The zero-order valence-electron chi connectivity index (χ0n) is 7.77. The van der Waals surface area contributed by atoms with E-state index in [0.29, 0.717) is 0 Å². The number of aromatic nitrogens is 3. The van der Waals surface area contributed by atoms with Crippen LogP contribution in [0.1, 0.15) is 10.5 Å². The molecule has 0 fully saturated rings. The van der Waals surface area contributed by atoms with Crippen molar-refractivity contribution in [1.82, 2.24) is 20.6 Å². The van der Waals surface area contributed by atoms with Crippen molar-refractivity contribution in [2.45, 2.75) is 0 Å². The van der Waals surface area contributed by atoms with Gasteiger partial charge < -0.3 is 0 Å². The lowest BCUT2D eigenvalue weighted by atomic mass is 10.2. The van der Waals surface area contributed by atoms with Crippen molar-refractivity contribution >= 4 is 5.91 Å². The first-order valence-electron chi connectivity index (χ1n) is 4.28. The Bertz CT molecular complexity index is 464. The number of rotatable bonds is 2. The largest absolute Gasteiger partial charge is 0.289 e. The Hall–Kier alpha value is -2.21. The highest BCUT2D eigenvalue weighted by molar-refractivity contribution is 5.92. The highest BCUT2D eigenvalue weighted by atomic mass is 16.2. The molecule has 1 amide bonds. The van der Waals surface area contributed by atoms with Gasteiger partial charge in [-0.3, -0.25) is 20.3 Å². The van der Waals surface area contributed by atoms with Crippen LogP contribution < -0.4 is 11.3 Å². The van der Waals surface area contributed by atoms with Gasteiger partial charge >= 0.3 is 0 Å². The fourth-order valence-electron chi connectivity index (χ4n) is 1.18. The lowest BCUT2D eigenvalue weighted by molar-refractivity contribution is 0.0948. The van der Waals surface area contributed by atoms with E-state index in [1.807, 2.05) is 11.5 Å². The van der Waals surface area contributed by atoms with Crippen LogP contribution in [0, 0.1) is 0 Å². The van der Waals surface area contributed by atoms with Crippen LogP contribution in [0.3, 0.4) is 0 Å². The number of hydrogen-bond donors (Lipinski definition) is 3. The van der Waals surface area contributed by atoms with E-state index < -0.39 is 5.91 Å². The highest BCUT2D eigenvalue weighted by Crippen LogP contribution is 2.15. The van der Waals surface area contributed by atoms with Crippen molar-refractivity contribution in [2.75, 3.05) is 0 Å². The average molecular weight is 203 g/mol. The topological polar surface area (TPSA) is 96.7 Å². The van der Waals surface area contributed by atoms with Crippen LogP contribution >= 0.6 is 0 Å². The van der Waals surface area contributed by atoms with Gasteiger partial charge in [0.15, 0.2) is 5.69 Å². The number of hydrogen-bond acceptors (Lipinski definition) is 4. The summed E-state index contributed by atoms with van der Waals surface area (Å²) in [5.41, 5.74) is 3.84. The third-order valence-electron chi connectivity index (χ3n) is 1.91. The SMILES string of the molecule is NNC(=O)c1cc(-c2cccnc2)[nH]n1. The predicted molar refractivity (Wildman–Crippen MR) is 53.5 cm³/mol. The van der Waals surface area contributed by atoms with Gasteiger partial charge in [-0.25, -0.2) is 5.84 Å². The zero-order valence-corrected chi connectivity index (χ0v) is 7.77. The molecule has 0 saturated heterocycles. The minimum Gasteiger partial charge on any atom is -0.289 e. The zero-order chi connectivity index (χ0) is 10.7. The number of pyridine rings is 1. The molecule has 0 aromatic carbocycles. The number of aromatic amines is 1. The Balaban J connectivity index is 2.32. The quantitative estimate of drug-likeness (QED) is 0.365. The van der Waals surface area contributed by atoms with E-state index in [1.54, 1.807) is 24.5 Å². The van der Waals surface area contributed by atoms with Gasteiger partial charge in [0.25, 0.3) is 5.91 Å². The summed E-state index contributed by atoms with van der Waals surface area (Å²) in [4.78, 5) is 15.1. The number of nitrogens with one attached hydrogen (secondary N) is 2. The first-order valence-corrected chi connectivity index (χ1v) is 4.28. The van der Waals surface area contributed by atoms with Crippen molar-refractivity contribution in [3.8, 4) is 11.3 Å². The van der Waals surface area contributed by atoms with E-state index in [0.717, 1.165) is 11.3 Å². The molecule has 0 saturated carbocycles. The normalized spacial score (nSPS) is 9.93. The van der Waals surface area contributed by atoms with Crippen LogP contribution in [0.2, 0.25) is 0 Å². The Labute approximate surface area is 85.5 Å². The van der Waals surface area contributed by atoms with E-state index in [-0.39, 0.29) is 5.69 Å². The van der Waals surface area contributed by atoms with Crippen molar-refractivity contribution in [3.05, 3.63) is 36.3 Å². The highest BCUT2D eigenvalue weighted by Gasteiger charge is 2.09. The van der Waals surface area contributed by atoms with Gasteiger partial charge in [-0.1, -0.05) is 0 Å². The summed E-state index contributed by atoms with van der Waals surface area (Å²) in [6.45, 7) is 0. The van der Waals surface area contributed by atoms with E-state index in [2.05, 4.69) is 15.2 Å². The van der Waals surface area contributed by atoms with Gasteiger partial charge in [0.1, 0.15) is 0 Å². The molecule has 6 heteroatoms. The molecule has 0 radical (unpaired) electrons. The van der Waals surface area contributed by atoms with Crippen LogP contribution in [0.15, 0.2) is 30.6 Å². The summed E-state index contributed by atoms with van der Waals surface area (Å²) in [6.07, 6.45) is 3.35. The second-order valence-corrected chi connectivity index (χ2v) is 2.88. The summed E-state index contributed by atoms with van der Waals surface area (Å²) in [5.74, 6) is 4.56. The maximum atomic E-state index is 11.1. The third kappa shape index (κ3) is 1.84. The molecule has 2 rings (SSSR count). The molecule has 76 valence electrons. The number of nitrogen functional groups attached to an aromatic ring is 1. The molecule has 2 aromatic heterocycles. The Morgan fingerprint density at radius 2 is 2.40 bits per heavy atom. The lowest BCUT2D eigenvalue weighted by Crippen LogP contribution is -2.30. The predicted octanol–water partition coefficient (Wildman–Crippen LogP) is 0.0752. The van der Waals surface area contributed by atoms with Crippen molar-refractivity contribution in [3.63, 3.8) is 0 Å². The van der Waals surface area contributed by atoms with E-state index in [1.165, 1.54) is 0 Å². The van der Waals surface area contributed by atoms with Gasteiger partial charge in [-0.2, -0.15) is 5.10 Å². The summed E-state index contributed by atoms with van der Waals surface area (Å²) in [5, 5.41) is 6.55. The standard InChI is InChI=1S/C9H9N5O/c10-12-9(15)8-4-7(13-14-8)6-2-1-3-11-5-6/h1-5H,10H2,(H,12,15)(H,13,14). The number of nitrogens with zero attached hydrogens (tertiary/aromatic N) is 2. The first-order chi connectivity index (χ1) is 7.31. The first kappa shape index (κ1) is 9.35. The van der Waals surface area contributed by atoms with E-state index in [4.69, 9.17) is 5.84 Å². The fraction of sp³-hybridized carbons (Fsp3) is 0. The fourth-order valence-corrected chi connectivity index (χ4v) is 1.18. The monoisotopic (exact) mass is 203 g/mol. The Kier molecular flexibility index (Phi) is 2.42. The number of H-pyrrole nitrogens is 1. The molecule has 4 N–H and O–H groups in total. The summed E-state index contributed by atoms with van der Waals surface area (Å²) < 4.78 is 0. The van der Waals surface area contributed by atoms with Gasteiger partial charge in [0.2, 0.25) is 0 Å². The van der Waals surface area contributed by atoms with Crippen LogP contribution in [0.5, 0.6) is 0 Å². The maximum Gasteiger partial charge on any atom is 0.285 e. The number of amides is 1. The Morgan fingerprint density at radius 1 is 1.53 bits per heavy atom. The van der Waals surface area contributed by atoms with Gasteiger partial charge in [-0.05, 0) is 18.2 Å². The summed E-state index contributed by atoms with van der Waals surface area (Å²) in [7, 11) is 0. The molecule has 0 bridgehead atoms. The second kappa shape index (κ2) is 3.89. The number of hydrazine groups is 1. The Morgan fingerprint density at radius 3 is 3.07 bits per heavy atom. The van der Waals surface area contributed by atoms with Crippen molar-refractivity contribution in [2.24, 2.45) is 5.84 Å². The molecule has 0 unspecified atom stereocenters. The number of carbonyl (C=O) groups excluding carboxylic acids is 1. The van der Waals surface area contributed by atoms with Crippen molar-refractivity contribution < 1.29 is 4.79 Å². The molecule has 2 heterocycles. The maximum absolute atomic E-state index is 11.1. The molecule has 0 aliphatic heterocycles. The summed E-state index contributed by atoms with van der Waals surface area (Å²) in [6, 6.07) is 5.28. The van der Waals surface area contributed by atoms with E-state index in [9.17, 15) is 4.79 Å². The molecule has 0 aliphatic carbocycles. The molecule has 0 atom stereocenters. The number of nitrogens with two attached hydrogens (primary N) is 1. The second-order valence-electron chi connectivity index (χ2n) is 2.88. The summed E-state index contributed by atoms with van der Waals surface area (Å²) >= 11 is 0. The van der Waals surface area contributed by atoms with Gasteiger partial charge in [-0.15, -0.1) is 0 Å². The smallest absolute Gasteiger partial charge is 0.285 e. The average Bonchev–Trinajstić information content (AvgIpc) is 2.78. The minimum absolute atomic E-state index is 0.247. The molecule has 0 aliphatic rings.